The first-order valence-electron chi connectivity index (χ1n) is 7.22. The van der Waals surface area contributed by atoms with Crippen molar-refractivity contribution >= 4 is 23.5 Å². The summed E-state index contributed by atoms with van der Waals surface area (Å²) in [5, 5.41) is 3.27. The van der Waals surface area contributed by atoms with Gasteiger partial charge in [-0.05, 0) is 31.4 Å². The molecule has 1 aliphatic rings. The average Bonchev–Trinajstić information content (AvgIpc) is 2.95. The molecule has 3 N–H and O–H groups in total. The van der Waals surface area contributed by atoms with E-state index in [-0.39, 0.29) is 6.03 Å². The molecule has 1 aromatic carbocycles. The number of primary amides is 1. The molecule has 0 aromatic heterocycles. The van der Waals surface area contributed by atoms with E-state index in [4.69, 9.17) is 22.1 Å². The van der Waals surface area contributed by atoms with Crippen LogP contribution in [-0.4, -0.2) is 42.6 Å². The minimum atomic E-state index is -0.508. The lowest BCUT2D eigenvalue weighted by atomic mass is 10.2. The van der Waals surface area contributed by atoms with Gasteiger partial charge >= 0.3 is 6.03 Å². The Morgan fingerprint density at radius 1 is 1.50 bits per heavy atom. The van der Waals surface area contributed by atoms with Crippen LogP contribution in [0.25, 0.3) is 0 Å². The number of amides is 3. The molecule has 1 heterocycles. The van der Waals surface area contributed by atoms with Crippen molar-refractivity contribution in [2.75, 3.05) is 19.7 Å². The van der Waals surface area contributed by atoms with E-state index in [1.54, 1.807) is 6.07 Å². The molecular formula is C15H20ClN3O3. The summed E-state index contributed by atoms with van der Waals surface area (Å²) in [6, 6.07) is 4.71. The van der Waals surface area contributed by atoms with E-state index in [0.29, 0.717) is 36.9 Å². The van der Waals surface area contributed by atoms with E-state index in [1.165, 1.54) is 4.90 Å². The molecule has 22 heavy (non-hydrogen) atoms. The molecule has 0 bridgehead atoms. The summed E-state index contributed by atoms with van der Waals surface area (Å²) in [4.78, 5) is 24.8. The summed E-state index contributed by atoms with van der Waals surface area (Å²) in [7, 11) is 0. The van der Waals surface area contributed by atoms with Crippen molar-refractivity contribution in [2.45, 2.75) is 25.8 Å². The molecule has 0 spiro atoms. The van der Waals surface area contributed by atoms with Crippen LogP contribution in [0.4, 0.5) is 4.79 Å². The minimum Gasteiger partial charge on any atom is -0.490 e. The van der Waals surface area contributed by atoms with E-state index in [1.807, 2.05) is 19.1 Å². The number of halogens is 1. The molecule has 0 radical (unpaired) electrons. The zero-order valence-corrected chi connectivity index (χ0v) is 13.2. The number of ether oxygens (including phenoxy) is 1. The van der Waals surface area contributed by atoms with Gasteiger partial charge in [-0.3, -0.25) is 4.79 Å². The molecule has 1 fully saturated rings. The lowest BCUT2D eigenvalue weighted by molar-refractivity contribution is -0.121. The molecular weight excluding hydrogens is 306 g/mol. The largest absolute Gasteiger partial charge is 0.490 e. The fraction of sp³-hybridized carbons (Fsp3) is 0.467. The number of urea groups is 1. The summed E-state index contributed by atoms with van der Waals surface area (Å²) in [5.41, 5.74) is 6.23. The molecule has 1 saturated heterocycles. The number of para-hydroxylation sites is 1. The third kappa shape index (κ3) is 3.82. The van der Waals surface area contributed by atoms with Gasteiger partial charge in [0.2, 0.25) is 5.91 Å². The van der Waals surface area contributed by atoms with Crippen molar-refractivity contribution in [3.8, 4) is 5.75 Å². The molecule has 0 unspecified atom stereocenters. The maximum Gasteiger partial charge on any atom is 0.318 e. The number of aryl methyl sites for hydroxylation is 1. The summed E-state index contributed by atoms with van der Waals surface area (Å²) in [6.45, 7) is 3.07. The summed E-state index contributed by atoms with van der Waals surface area (Å²) >= 11 is 6.06. The fourth-order valence-electron chi connectivity index (χ4n) is 2.52. The molecule has 0 saturated carbocycles. The second-order valence-electron chi connectivity index (χ2n) is 5.22. The van der Waals surface area contributed by atoms with E-state index in [0.717, 1.165) is 12.0 Å². The van der Waals surface area contributed by atoms with Crippen molar-refractivity contribution in [2.24, 2.45) is 5.73 Å². The highest BCUT2D eigenvalue weighted by atomic mass is 35.5. The van der Waals surface area contributed by atoms with Gasteiger partial charge < -0.3 is 20.7 Å². The number of nitrogens with zero attached hydrogens (tertiary/aromatic N) is 1. The summed E-state index contributed by atoms with van der Waals surface area (Å²) in [6.07, 6.45) is 1.41. The second-order valence-corrected chi connectivity index (χ2v) is 5.63. The fourth-order valence-corrected chi connectivity index (χ4v) is 2.79. The third-order valence-corrected chi connectivity index (χ3v) is 3.93. The standard InChI is InChI=1S/C15H20ClN3O3/c1-10-4-2-5-11(16)13(10)22-9-7-18-15(21)19-8-3-6-12(19)14(17)20/h2,4-5,12H,3,6-9H2,1H3,(H2,17,20)(H,18,21)/t12-/m1/s1. The van der Waals surface area contributed by atoms with Crippen molar-refractivity contribution in [1.29, 1.82) is 0 Å². The maximum atomic E-state index is 12.0. The number of carbonyl (C=O) groups is 2. The second kappa shape index (κ2) is 7.35. The average molecular weight is 326 g/mol. The Morgan fingerprint density at radius 2 is 2.27 bits per heavy atom. The Balaban J connectivity index is 1.79. The van der Waals surface area contributed by atoms with Gasteiger partial charge in [0.25, 0.3) is 0 Å². The van der Waals surface area contributed by atoms with Gasteiger partial charge in [-0.15, -0.1) is 0 Å². The highest BCUT2D eigenvalue weighted by Crippen LogP contribution is 2.27. The van der Waals surface area contributed by atoms with Crippen molar-refractivity contribution in [1.82, 2.24) is 10.2 Å². The molecule has 1 aromatic rings. The van der Waals surface area contributed by atoms with Crippen LogP contribution in [0.15, 0.2) is 18.2 Å². The molecule has 120 valence electrons. The molecule has 6 nitrogen and oxygen atoms in total. The molecule has 0 aliphatic carbocycles. The molecule has 1 atom stereocenters. The van der Waals surface area contributed by atoms with Gasteiger partial charge in [0.1, 0.15) is 18.4 Å². The highest BCUT2D eigenvalue weighted by Gasteiger charge is 2.32. The van der Waals surface area contributed by atoms with Crippen LogP contribution in [0.1, 0.15) is 18.4 Å². The predicted octanol–water partition coefficient (Wildman–Crippen LogP) is 1.69. The first-order valence-corrected chi connectivity index (χ1v) is 7.60. The van der Waals surface area contributed by atoms with Crippen LogP contribution in [0.2, 0.25) is 5.02 Å². The first-order chi connectivity index (χ1) is 10.5. The van der Waals surface area contributed by atoms with Crippen LogP contribution in [0.3, 0.4) is 0 Å². The van der Waals surface area contributed by atoms with Crippen LogP contribution < -0.4 is 15.8 Å². The van der Waals surface area contributed by atoms with E-state index >= 15 is 0 Å². The number of rotatable bonds is 5. The van der Waals surface area contributed by atoms with Gasteiger partial charge in [0, 0.05) is 6.54 Å². The van der Waals surface area contributed by atoms with E-state index < -0.39 is 11.9 Å². The van der Waals surface area contributed by atoms with Crippen LogP contribution in [-0.2, 0) is 4.79 Å². The van der Waals surface area contributed by atoms with E-state index in [2.05, 4.69) is 5.32 Å². The van der Waals surface area contributed by atoms with Crippen molar-refractivity contribution < 1.29 is 14.3 Å². The van der Waals surface area contributed by atoms with Crippen molar-refractivity contribution in [3.05, 3.63) is 28.8 Å². The van der Waals surface area contributed by atoms with Crippen molar-refractivity contribution in [3.63, 3.8) is 0 Å². The minimum absolute atomic E-state index is 0.291. The Bertz CT molecular complexity index is 545. The monoisotopic (exact) mass is 325 g/mol. The van der Waals surface area contributed by atoms with Gasteiger partial charge in [-0.2, -0.15) is 0 Å². The van der Waals surface area contributed by atoms with Crippen LogP contribution in [0, 0.1) is 6.92 Å². The summed E-state index contributed by atoms with van der Waals surface area (Å²) < 4.78 is 5.60. The zero-order chi connectivity index (χ0) is 16.1. The topological polar surface area (TPSA) is 84.7 Å². The van der Waals surface area contributed by atoms with Crippen LogP contribution in [0.5, 0.6) is 5.75 Å². The SMILES string of the molecule is Cc1cccc(Cl)c1OCCNC(=O)N1CCC[C@@H]1C(N)=O. The van der Waals surface area contributed by atoms with Gasteiger partial charge in [0.15, 0.2) is 0 Å². The predicted molar refractivity (Wildman–Crippen MR) is 84.0 cm³/mol. The smallest absolute Gasteiger partial charge is 0.318 e. The highest BCUT2D eigenvalue weighted by molar-refractivity contribution is 6.32. The van der Waals surface area contributed by atoms with Gasteiger partial charge in [-0.25, -0.2) is 4.79 Å². The Kier molecular flexibility index (Phi) is 5.49. The molecule has 7 heteroatoms. The molecule has 3 amide bonds. The lowest BCUT2D eigenvalue weighted by Crippen LogP contribution is -2.48. The summed E-state index contributed by atoms with van der Waals surface area (Å²) in [5.74, 6) is 0.158. The number of carbonyl (C=O) groups excluding carboxylic acids is 2. The number of hydrogen-bond donors (Lipinski definition) is 2. The quantitative estimate of drug-likeness (QED) is 0.808. The first kappa shape index (κ1) is 16.4. The third-order valence-electron chi connectivity index (χ3n) is 3.63. The Hall–Kier alpha value is -1.95. The number of hydrogen-bond acceptors (Lipinski definition) is 3. The van der Waals surface area contributed by atoms with Gasteiger partial charge in [-0.1, -0.05) is 23.7 Å². The van der Waals surface area contributed by atoms with Crippen LogP contribution >= 0.6 is 11.6 Å². The zero-order valence-electron chi connectivity index (χ0n) is 12.5. The maximum absolute atomic E-state index is 12.0. The molecule has 1 aliphatic heterocycles. The Morgan fingerprint density at radius 3 is 2.95 bits per heavy atom. The molecule has 2 rings (SSSR count). The number of nitrogens with one attached hydrogen (secondary N) is 1. The van der Waals surface area contributed by atoms with E-state index in [9.17, 15) is 9.59 Å². The number of likely N-dealkylation sites (tertiary alicyclic amines) is 1. The Labute approximate surface area is 134 Å². The number of nitrogens with two attached hydrogens (primary N) is 1. The lowest BCUT2D eigenvalue weighted by Gasteiger charge is -2.22. The van der Waals surface area contributed by atoms with Gasteiger partial charge in [0.05, 0.1) is 11.6 Å². The number of benzene rings is 1. The normalized spacial score (nSPS) is 17.4.